The van der Waals surface area contributed by atoms with Gasteiger partial charge in [-0.3, -0.25) is 9.59 Å². The summed E-state index contributed by atoms with van der Waals surface area (Å²) in [5.74, 6) is -1.56. The number of carbonyl (C=O) groups is 2. The average molecular weight is 541 g/mol. The van der Waals surface area contributed by atoms with E-state index >= 15 is 0 Å². The molecule has 0 heterocycles. The summed E-state index contributed by atoms with van der Waals surface area (Å²) >= 11 is 2.83. The Hall–Kier alpha value is -3.48. The maximum Gasteiger partial charge on any atom is 0.199 e. The second-order valence-corrected chi connectivity index (χ2v) is 11.5. The van der Waals surface area contributed by atoms with Gasteiger partial charge in [0.15, 0.2) is 11.6 Å². The molecule has 4 nitrogen and oxygen atoms in total. The Morgan fingerprint density at radius 1 is 0.579 bits per heavy atom. The van der Waals surface area contributed by atoms with Crippen LogP contribution in [-0.2, 0) is 12.8 Å². The monoisotopic (exact) mass is 540 g/mol. The SMILES string of the molecule is CCCCc1ccc(Sc2ccc(Sc3ccc(CC)cc3)c3c2C(=O)c2c(O)ccc(O)c2C3=O)cc1. The third-order valence-electron chi connectivity index (χ3n) is 6.73. The Kier molecular flexibility index (Phi) is 7.63. The van der Waals surface area contributed by atoms with Crippen LogP contribution in [-0.4, -0.2) is 21.8 Å². The Balaban J connectivity index is 1.60. The normalized spacial score (nSPS) is 12.4. The smallest absolute Gasteiger partial charge is 0.199 e. The van der Waals surface area contributed by atoms with Crippen molar-refractivity contribution >= 4 is 35.1 Å². The minimum Gasteiger partial charge on any atom is -0.507 e. The third kappa shape index (κ3) is 4.98. The van der Waals surface area contributed by atoms with Gasteiger partial charge in [0.25, 0.3) is 0 Å². The van der Waals surface area contributed by atoms with Crippen LogP contribution in [0.2, 0.25) is 0 Å². The van der Waals surface area contributed by atoms with Gasteiger partial charge < -0.3 is 10.2 Å². The van der Waals surface area contributed by atoms with Gasteiger partial charge >= 0.3 is 0 Å². The molecule has 0 aliphatic heterocycles. The van der Waals surface area contributed by atoms with Gasteiger partial charge in [-0.15, -0.1) is 0 Å². The summed E-state index contributed by atoms with van der Waals surface area (Å²) in [6.07, 6.45) is 4.22. The summed E-state index contributed by atoms with van der Waals surface area (Å²) < 4.78 is 0. The van der Waals surface area contributed by atoms with Gasteiger partial charge in [0, 0.05) is 30.7 Å². The molecule has 0 bridgehead atoms. The number of benzene rings is 4. The van der Waals surface area contributed by atoms with Gasteiger partial charge in [-0.2, -0.15) is 0 Å². The summed E-state index contributed by atoms with van der Waals surface area (Å²) in [6, 6.07) is 22.6. The lowest BCUT2D eigenvalue weighted by atomic mass is 9.83. The lowest BCUT2D eigenvalue weighted by Crippen LogP contribution is -2.23. The zero-order valence-electron chi connectivity index (χ0n) is 21.3. The predicted molar refractivity (Wildman–Crippen MR) is 152 cm³/mol. The van der Waals surface area contributed by atoms with Gasteiger partial charge in [0.1, 0.15) is 11.5 Å². The van der Waals surface area contributed by atoms with E-state index < -0.39 is 11.6 Å². The van der Waals surface area contributed by atoms with E-state index in [1.165, 1.54) is 46.8 Å². The van der Waals surface area contributed by atoms with Crippen molar-refractivity contribution in [2.45, 2.75) is 59.1 Å². The molecule has 6 heteroatoms. The van der Waals surface area contributed by atoms with E-state index in [4.69, 9.17) is 0 Å². The van der Waals surface area contributed by atoms with Crippen molar-refractivity contribution in [2.75, 3.05) is 0 Å². The summed E-state index contributed by atoms with van der Waals surface area (Å²) in [6.45, 7) is 4.26. The van der Waals surface area contributed by atoms with E-state index in [9.17, 15) is 19.8 Å². The minimum atomic E-state index is -0.465. The Morgan fingerprint density at radius 2 is 1.03 bits per heavy atom. The van der Waals surface area contributed by atoms with Gasteiger partial charge in [-0.25, -0.2) is 0 Å². The number of hydrogen-bond acceptors (Lipinski definition) is 6. The predicted octanol–water partition coefficient (Wildman–Crippen LogP) is 8.08. The molecule has 0 saturated heterocycles. The first kappa shape index (κ1) is 26.1. The number of ketones is 2. The Bertz CT molecular complexity index is 1520. The number of hydrogen-bond donors (Lipinski definition) is 2. The molecular formula is C32H28O4S2. The number of phenolic OH excluding ortho intramolecular Hbond substituents is 2. The molecule has 192 valence electrons. The highest BCUT2D eigenvalue weighted by Crippen LogP contribution is 2.46. The van der Waals surface area contributed by atoms with Crippen molar-refractivity contribution in [1.29, 1.82) is 0 Å². The molecule has 1 aliphatic rings. The topological polar surface area (TPSA) is 74.6 Å². The molecule has 2 N–H and O–H groups in total. The molecule has 0 spiro atoms. The van der Waals surface area contributed by atoms with E-state index in [-0.39, 0.29) is 33.8 Å². The highest BCUT2D eigenvalue weighted by Gasteiger charge is 2.38. The Morgan fingerprint density at radius 3 is 1.45 bits per heavy atom. The van der Waals surface area contributed by atoms with Crippen molar-refractivity contribution in [1.82, 2.24) is 0 Å². The first-order chi connectivity index (χ1) is 18.4. The first-order valence-corrected chi connectivity index (χ1v) is 14.4. The zero-order chi connectivity index (χ0) is 26.8. The molecule has 4 aromatic carbocycles. The number of rotatable bonds is 8. The molecule has 0 amide bonds. The summed E-state index contributed by atoms with van der Waals surface area (Å²) in [5, 5.41) is 21.1. The van der Waals surface area contributed by atoms with Crippen molar-refractivity contribution in [2.24, 2.45) is 0 Å². The van der Waals surface area contributed by atoms with Crippen LogP contribution in [0.5, 0.6) is 11.5 Å². The Labute approximate surface area is 231 Å². The molecular weight excluding hydrogens is 512 g/mol. The molecule has 1 aliphatic carbocycles. The van der Waals surface area contributed by atoms with Gasteiger partial charge in [-0.1, -0.05) is 68.1 Å². The van der Waals surface area contributed by atoms with Crippen LogP contribution in [0.3, 0.4) is 0 Å². The van der Waals surface area contributed by atoms with E-state index in [2.05, 4.69) is 38.1 Å². The van der Waals surface area contributed by atoms with Crippen LogP contribution < -0.4 is 0 Å². The number of unbranched alkanes of at least 4 members (excludes halogenated alkanes) is 1. The van der Waals surface area contributed by atoms with Gasteiger partial charge in [0.2, 0.25) is 0 Å². The van der Waals surface area contributed by atoms with Crippen LogP contribution in [0.4, 0.5) is 0 Å². The molecule has 4 aromatic rings. The second-order valence-electron chi connectivity index (χ2n) is 9.27. The molecule has 5 rings (SSSR count). The fourth-order valence-electron chi connectivity index (χ4n) is 4.63. The van der Waals surface area contributed by atoms with Crippen LogP contribution in [0, 0.1) is 0 Å². The lowest BCUT2D eigenvalue weighted by Gasteiger charge is -2.23. The number of aryl methyl sites for hydroxylation is 2. The highest BCUT2D eigenvalue weighted by molar-refractivity contribution is 8.00. The van der Waals surface area contributed by atoms with Crippen molar-refractivity contribution in [3.63, 3.8) is 0 Å². The second kappa shape index (κ2) is 11.1. The van der Waals surface area contributed by atoms with Crippen LogP contribution >= 0.6 is 23.5 Å². The molecule has 38 heavy (non-hydrogen) atoms. The summed E-state index contributed by atoms with van der Waals surface area (Å²) in [7, 11) is 0. The van der Waals surface area contributed by atoms with Crippen molar-refractivity contribution in [3.05, 3.63) is 106 Å². The van der Waals surface area contributed by atoms with Gasteiger partial charge in [0.05, 0.1) is 11.1 Å². The fourth-order valence-corrected chi connectivity index (χ4v) is 6.55. The van der Waals surface area contributed by atoms with E-state index in [0.29, 0.717) is 9.79 Å². The summed E-state index contributed by atoms with van der Waals surface area (Å²) in [5.41, 5.74) is 2.71. The molecule has 0 unspecified atom stereocenters. The molecule has 0 saturated carbocycles. The van der Waals surface area contributed by atoms with Crippen molar-refractivity contribution in [3.8, 4) is 11.5 Å². The maximum absolute atomic E-state index is 13.9. The van der Waals surface area contributed by atoms with E-state index in [1.807, 2.05) is 36.4 Å². The number of phenols is 2. The maximum atomic E-state index is 13.9. The van der Waals surface area contributed by atoms with Crippen LogP contribution in [0.1, 0.15) is 69.7 Å². The van der Waals surface area contributed by atoms with Crippen LogP contribution in [0.25, 0.3) is 0 Å². The molecule has 0 aromatic heterocycles. The zero-order valence-corrected chi connectivity index (χ0v) is 22.9. The van der Waals surface area contributed by atoms with Crippen molar-refractivity contribution < 1.29 is 19.8 Å². The first-order valence-electron chi connectivity index (χ1n) is 12.8. The molecule has 0 radical (unpaired) electrons. The number of carbonyl (C=O) groups excluding carboxylic acids is 2. The third-order valence-corrected chi connectivity index (χ3v) is 8.86. The highest BCUT2D eigenvalue weighted by atomic mass is 32.2. The molecule has 0 fully saturated rings. The minimum absolute atomic E-state index is 0.145. The van der Waals surface area contributed by atoms with Crippen LogP contribution in [0.15, 0.2) is 92.4 Å². The van der Waals surface area contributed by atoms with Gasteiger partial charge in [-0.05, 0) is 78.9 Å². The average Bonchev–Trinajstić information content (AvgIpc) is 2.93. The standard InChI is InChI=1S/C32H28O4S2/c1-3-5-6-20-9-13-22(14-10-20)38-26-18-17-25(37-21-11-7-19(4-2)8-12-21)29-30(26)32(36)28-24(34)16-15-23(33)27(28)31(29)35/h7-18,33-34H,3-6H2,1-2H3. The summed E-state index contributed by atoms with van der Waals surface area (Å²) in [4.78, 5) is 30.9. The molecule has 0 atom stereocenters. The lowest BCUT2D eigenvalue weighted by molar-refractivity contribution is 0.0969. The van der Waals surface area contributed by atoms with E-state index in [1.54, 1.807) is 0 Å². The fraction of sp³-hybridized carbons (Fsp3) is 0.188. The quantitative estimate of drug-likeness (QED) is 0.194. The largest absolute Gasteiger partial charge is 0.507 e. The number of fused-ring (bicyclic) bond motifs is 2. The number of aromatic hydroxyl groups is 2. The van der Waals surface area contributed by atoms with E-state index in [0.717, 1.165) is 35.5 Å².